The fraction of sp³-hybridized carbons (Fsp3) is 0.579. The van der Waals surface area contributed by atoms with E-state index in [0.29, 0.717) is 17.9 Å². The van der Waals surface area contributed by atoms with Crippen molar-refractivity contribution in [2.24, 2.45) is 11.3 Å². The van der Waals surface area contributed by atoms with Gasteiger partial charge in [0.1, 0.15) is 4.83 Å². The highest BCUT2D eigenvalue weighted by Crippen LogP contribution is 2.42. The van der Waals surface area contributed by atoms with Crippen molar-refractivity contribution in [3.63, 3.8) is 0 Å². The first kappa shape index (κ1) is 17.7. The number of thiophene rings is 1. The molecule has 0 N–H and O–H groups in total. The van der Waals surface area contributed by atoms with Gasteiger partial charge < -0.3 is 0 Å². The third-order valence-corrected chi connectivity index (χ3v) is 6.95. The van der Waals surface area contributed by atoms with Gasteiger partial charge in [0.2, 0.25) is 0 Å². The summed E-state index contributed by atoms with van der Waals surface area (Å²) >= 11 is 3.37. The highest BCUT2D eigenvalue weighted by Gasteiger charge is 2.32. The van der Waals surface area contributed by atoms with E-state index in [0.717, 1.165) is 40.4 Å². The van der Waals surface area contributed by atoms with Gasteiger partial charge >= 0.3 is 0 Å². The van der Waals surface area contributed by atoms with Crippen LogP contribution in [0.3, 0.4) is 0 Å². The number of rotatable bonds is 4. The minimum atomic E-state index is 0.113. The van der Waals surface area contributed by atoms with Crippen molar-refractivity contribution in [2.75, 3.05) is 5.75 Å². The molecule has 3 nitrogen and oxygen atoms in total. The van der Waals surface area contributed by atoms with Crippen LogP contribution in [0.25, 0.3) is 10.2 Å². The molecule has 0 aromatic carbocycles. The van der Waals surface area contributed by atoms with Gasteiger partial charge in [-0.2, -0.15) is 0 Å². The van der Waals surface area contributed by atoms with Gasteiger partial charge in [0.25, 0.3) is 5.56 Å². The van der Waals surface area contributed by atoms with Crippen LogP contribution >= 0.6 is 23.1 Å². The molecule has 0 saturated carbocycles. The van der Waals surface area contributed by atoms with E-state index < -0.39 is 0 Å². The number of thioether (sulfide) groups is 1. The van der Waals surface area contributed by atoms with E-state index in [-0.39, 0.29) is 5.56 Å². The van der Waals surface area contributed by atoms with Gasteiger partial charge in [0, 0.05) is 11.4 Å². The first-order valence-corrected chi connectivity index (χ1v) is 10.5. The molecule has 0 saturated heterocycles. The molecular formula is C19H26N2OS2. The Labute approximate surface area is 152 Å². The second-order valence-electron chi connectivity index (χ2n) is 7.52. The number of allylic oxidation sites excluding steroid dienone is 1. The monoisotopic (exact) mass is 362 g/mol. The zero-order chi connectivity index (χ0) is 17.5. The van der Waals surface area contributed by atoms with Crippen LogP contribution in [0.1, 0.15) is 44.6 Å². The van der Waals surface area contributed by atoms with Gasteiger partial charge in [-0.05, 0) is 41.9 Å². The van der Waals surface area contributed by atoms with Crippen molar-refractivity contribution in [3.8, 4) is 0 Å². The fourth-order valence-corrected chi connectivity index (χ4v) is 5.58. The van der Waals surface area contributed by atoms with Crippen molar-refractivity contribution in [1.29, 1.82) is 0 Å². The van der Waals surface area contributed by atoms with Crippen LogP contribution in [0.5, 0.6) is 0 Å². The standard InChI is InChI=1S/C19H26N2OS2/c1-6-10-21-17(22)15-13-9-8-12(19(3,4)5)11-14(13)24-16(15)20-18(21)23-7-2/h6,12H,1,7-11H2,2-5H3/t12-/m1/s1. The van der Waals surface area contributed by atoms with Crippen LogP contribution in [-0.4, -0.2) is 15.3 Å². The molecule has 1 aliphatic carbocycles. The lowest BCUT2D eigenvalue weighted by Crippen LogP contribution is -2.27. The summed E-state index contributed by atoms with van der Waals surface area (Å²) in [6, 6.07) is 0. The maximum atomic E-state index is 13.1. The molecule has 1 aliphatic rings. The third-order valence-electron chi connectivity index (χ3n) is 4.94. The molecule has 0 unspecified atom stereocenters. The molecule has 0 aliphatic heterocycles. The van der Waals surface area contributed by atoms with E-state index in [1.54, 1.807) is 33.7 Å². The molecule has 5 heteroatoms. The van der Waals surface area contributed by atoms with Crippen LogP contribution in [0, 0.1) is 11.3 Å². The van der Waals surface area contributed by atoms with Crippen LogP contribution in [0.2, 0.25) is 0 Å². The number of fused-ring (bicyclic) bond motifs is 3. The van der Waals surface area contributed by atoms with E-state index in [9.17, 15) is 4.79 Å². The van der Waals surface area contributed by atoms with E-state index in [1.165, 1.54) is 10.4 Å². The number of aryl methyl sites for hydroxylation is 1. The molecule has 0 amide bonds. The van der Waals surface area contributed by atoms with Gasteiger partial charge in [-0.25, -0.2) is 4.98 Å². The van der Waals surface area contributed by atoms with E-state index in [2.05, 4.69) is 34.3 Å². The van der Waals surface area contributed by atoms with Gasteiger partial charge in [0.15, 0.2) is 5.16 Å². The van der Waals surface area contributed by atoms with Crippen molar-refractivity contribution in [2.45, 2.75) is 58.7 Å². The zero-order valence-corrected chi connectivity index (χ0v) is 16.6. The van der Waals surface area contributed by atoms with E-state index in [4.69, 9.17) is 4.98 Å². The Balaban J connectivity index is 2.15. The summed E-state index contributed by atoms with van der Waals surface area (Å²) in [7, 11) is 0. The minimum Gasteiger partial charge on any atom is -0.283 e. The average molecular weight is 363 g/mol. The summed E-state index contributed by atoms with van der Waals surface area (Å²) in [4.78, 5) is 20.2. The molecule has 2 heterocycles. The molecule has 0 radical (unpaired) electrons. The Morgan fingerprint density at radius 3 is 2.83 bits per heavy atom. The molecule has 130 valence electrons. The van der Waals surface area contributed by atoms with Crippen LogP contribution in [0.4, 0.5) is 0 Å². The molecule has 0 spiro atoms. The molecular weight excluding hydrogens is 336 g/mol. The Kier molecular flexibility index (Phi) is 4.94. The molecule has 2 aromatic rings. The van der Waals surface area contributed by atoms with Gasteiger partial charge in [-0.15, -0.1) is 17.9 Å². The Hall–Kier alpha value is -1.07. The predicted octanol–water partition coefficient (Wildman–Crippen LogP) is 4.91. The highest BCUT2D eigenvalue weighted by molar-refractivity contribution is 7.99. The zero-order valence-electron chi connectivity index (χ0n) is 15.0. The molecule has 2 aromatic heterocycles. The van der Waals surface area contributed by atoms with E-state index in [1.807, 2.05) is 0 Å². The number of hydrogen-bond acceptors (Lipinski definition) is 4. The molecule has 3 rings (SSSR count). The average Bonchev–Trinajstić information content (AvgIpc) is 2.88. The maximum absolute atomic E-state index is 13.1. The lowest BCUT2D eigenvalue weighted by molar-refractivity contribution is 0.218. The Bertz CT molecular complexity index is 826. The van der Waals surface area contributed by atoms with Crippen molar-refractivity contribution in [3.05, 3.63) is 33.4 Å². The van der Waals surface area contributed by atoms with Crippen LogP contribution in [0.15, 0.2) is 22.6 Å². The Morgan fingerprint density at radius 2 is 2.21 bits per heavy atom. The second kappa shape index (κ2) is 6.68. The van der Waals surface area contributed by atoms with Gasteiger partial charge in [-0.3, -0.25) is 9.36 Å². The highest BCUT2D eigenvalue weighted by atomic mass is 32.2. The van der Waals surface area contributed by atoms with Crippen LogP contribution in [-0.2, 0) is 19.4 Å². The summed E-state index contributed by atoms with van der Waals surface area (Å²) in [5.41, 5.74) is 1.69. The van der Waals surface area contributed by atoms with Crippen molar-refractivity contribution in [1.82, 2.24) is 9.55 Å². The second-order valence-corrected chi connectivity index (χ2v) is 9.84. The number of hydrogen-bond donors (Lipinski definition) is 0. The smallest absolute Gasteiger partial charge is 0.263 e. The molecule has 1 atom stereocenters. The number of aromatic nitrogens is 2. The normalized spacial score (nSPS) is 17.9. The summed E-state index contributed by atoms with van der Waals surface area (Å²) in [6.07, 6.45) is 5.03. The topological polar surface area (TPSA) is 34.9 Å². The first-order chi connectivity index (χ1) is 11.4. The summed E-state index contributed by atoms with van der Waals surface area (Å²) < 4.78 is 1.78. The van der Waals surface area contributed by atoms with Gasteiger partial charge in [-0.1, -0.05) is 45.5 Å². The molecule has 0 bridgehead atoms. The van der Waals surface area contributed by atoms with E-state index >= 15 is 0 Å². The molecule has 0 fully saturated rings. The molecule has 24 heavy (non-hydrogen) atoms. The third kappa shape index (κ3) is 3.08. The largest absolute Gasteiger partial charge is 0.283 e. The summed E-state index contributed by atoms with van der Waals surface area (Å²) in [6.45, 7) is 13.4. The first-order valence-electron chi connectivity index (χ1n) is 8.65. The van der Waals surface area contributed by atoms with Crippen LogP contribution < -0.4 is 5.56 Å². The minimum absolute atomic E-state index is 0.113. The van der Waals surface area contributed by atoms with Gasteiger partial charge in [0.05, 0.1) is 5.39 Å². The SMILES string of the molecule is C=CCn1c(SCC)nc2sc3c(c2c1=O)CC[C@@H](C(C)(C)C)C3. The lowest BCUT2D eigenvalue weighted by Gasteiger charge is -2.33. The summed E-state index contributed by atoms with van der Waals surface area (Å²) in [5, 5.41) is 1.69. The van der Waals surface area contributed by atoms with Crippen molar-refractivity contribution < 1.29 is 0 Å². The fourth-order valence-electron chi connectivity index (χ4n) is 3.51. The summed E-state index contributed by atoms with van der Waals surface area (Å²) in [5.74, 6) is 1.59. The quantitative estimate of drug-likeness (QED) is 0.440. The maximum Gasteiger partial charge on any atom is 0.263 e. The number of nitrogens with zero attached hydrogens (tertiary/aromatic N) is 2. The Morgan fingerprint density at radius 1 is 1.46 bits per heavy atom. The predicted molar refractivity (Wildman–Crippen MR) is 105 cm³/mol. The lowest BCUT2D eigenvalue weighted by atomic mass is 9.72. The van der Waals surface area contributed by atoms with Crippen molar-refractivity contribution >= 4 is 33.3 Å².